The van der Waals surface area contributed by atoms with Crippen LogP contribution in [0.3, 0.4) is 0 Å². The largest absolute Gasteiger partial charge is 0.458 e. The van der Waals surface area contributed by atoms with Crippen molar-refractivity contribution < 1.29 is 19.1 Å². The van der Waals surface area contributed by atoms with Crippen LogP contribution in [0.5, 0.6) is 0 Å². The van der Waals surface area contributed by atoms with E-state index in [4.69, 9.17) is 14.5 Å². The molecule has 0 spiro atoms. The number of para-hydroxylation sites is 1. The molecule has 0 amide bonds. The summed E-state index contributed by atoms with van der Waals surface area (Å²) in [5, 5.41) is 0.998. The van der Waals surface area contributed by atoms with Gasteiger partial charge in [0.05, 0.1) is 29.0 Å². The van der Waals surface area contributed by atoms with E-state index in [0.717, 1.165) is 16.5 Å². The highest BCUT2D eigenvalue weighted by Gasteiger charge is 2.36. The molecule has 0 saturated heterocycles. The van der Waals surface area contributed by atoms with Crippen molar-refractivity contribution >= 4 is 22.8 Å². The van der Waals surface area contributed by atoms with E-state index >= 15 is 0 Å². The number of pyridine rings is 2. The Morgan fingerprint density at radius 2 is 2.07 bits per heavy atom. The van der Waals surface area contributed by atoms with Gasteiger partial charge >= 0.3 is 11.9 Å². The second-order valence-corrected chi connectivity index (χ2v) is 6.64. The van der Waals surface area contributed by atoms with Gasteiger partial charge in [0.25, 0.3) is 5.56 Å². The van der Waals surface area contributed by atoms with Crippen molar-refractivity contribution in [1.82, 2.24) is 9.55 Å². The van der Waals surface area contributed by atoms with Crippen molar-refractivity contribution in [2.75, 3.05) is 0 Å². The highest BCUT2D eigenvalue weighted by Crippen LogP contribution is 2.36. The molecule has 0 bridgehead atoms. The standard InChI is InChI=1S/C20H14N2O5/c1-10(23)27-18-13-7-16-17-12(6-11-4-2-3-5-15(11)21-17)8-22(16)19(24)14(13)9-26-20(18)25/h2-7,18H,8-9H2,1H3. The minimum atomic E-state index is -1.23. The molecule has 0 saturated carbocycles. The van der Waals surface area contributed by atoms with E-state index in [1.54, 1.807) is 10.6 Å². The molecule has 1 atom stereocenters. The van der Waals surface area contributed by atoms with Crippen molar-refractivity contribution in [3.05, 3.63) is 63.4 Å². The molecule has 1 unspecified atom stereocenters. The number of rotatable bonds is 1. The Morgan fingerprint density at radius 3 is 2.89 bits per heavy atom. The number of fused-ring (bicyclic) bond motifs is 5. The van der Waals surface area contributed by atoms with Crippen LogP contribution in [0, 0.1) is 0 Å². The first-order valence-electron chi connectivity index (χ1n) is 8.52. The second kappa shape index (κ2) is 5.51. The number of carbonyl (C=O) groups is 2. The molecule has 2 aliphatic rings. The van der Waals surface area contributed by atoms with Crippen LogP contribution < -0.4 is 5.56 Å². The molecule has 0 aliphatic carbocycles. The number of esters is 2. The van der Waals surface area contributed by atoms with Gasteiger partial charge in [0.1, 0.15) is 6.61 Å². The zero-order valence-corrected chi connectivity index (χ0v) is 14.4. The van der Waals surface area contributed by atoms with E-state index in [2.05, 4.69) is 0 Å². The lowest BCUT2D eigenvalue weighted by atomic mass is 10.00. The second-order valence-electron chi connectivity index (χ2n) is 6.64. The Bertz CT molecular complexity index is 1210. The predicted molar refractivity (Wildman–Crippen MR) is 94.8 cm³/mol. The van der Waals surface area contributed by atoms with Gasteiger partial charge in [0.2, 0.25) is 6.10 Å². The molecule has 134 valence electrons. The van der Waals surface area contributed by atoms with E-state index in [1.807, 2.05) is 30.3 Å². The number of carbonyl (C=O) groups excluding carboxylic acids is 2. The zero-order chi connectivity index (χ0) is 18.7. The summed E-state index contributed by atoms with van der Waals surface area (Å²) in [5.41, 5.74) is 3.53. The van der Waals surface area contributed by atoms with Crippen LogP contribution in [0.15, 0.2) is 41.2 Å². The molecule has 3 aromatic rings. The minimum absolute atomic E-state index is 0.128. The Kier molecular flexibility index (Phi) is 3.21. The molecule has 2 aliphatic heterocycles. The smallest absolute Gasteiger partial charge is 0.352 e. The third-order valence-corrected chi connectivity index (χ3v) is 4.95. The van der Waals surface area contributed by atoms with Crippen molar-refractivity contribution in [3.8, 4) is 11.4 Å². The first kappa shape index (κ1) is 15.7. The molecule has 4 heterocycles. The van der Waals surface area contributed by atoms with Crippen molar-refractivity contribution in [1.29, 1.82) is 0 Å². The van der Waals surface area contributed by atoms with Crippen LogP contribution in [0.1, 0.15) is 29.7 Å². The molecule has 0 radical (unpaired) electrons. The van der Waals surface area contributed by atoms with E-state index in [9.17, 15) is 14.4 Å². The van der Waals surface area contributed by atoms with E-state index in [-0.39, 0.29) is 12.2 Å². The van der Waals surface area contributed by atoms with Crippen LogP contribution in [-0.2, 0) is 32.2 Å². The molecule has 5 rings (SSSR count). The van der Waals surface area contributed by atoms with Crippen LogP contribution in [0.2, 0.25) is 0 Å². The average Bonchev–Trinajstić information content (AvgIpc) is 3.00. The highest BCUT2D eigenvalue weighted by molar-refractivity contribution is 5.85. The topological polar surface area (TPSA) is 87.5 Å². The van der Waals surface area contributed by atoms with Gasteiger partial charge in [0.15, 0.2) is 0 Å². The molecule has 7 nitrogen and oxygen atoms in total. The van der Waals surface area contributed by atoms with Gasteiger partial charge in [-0.3, -0.25) is 9.59 Å². The zero-order valence-electron chi connectivity index (χ0n) is 14.4. The molecule has 1 aromatic carbocycles. The lowest BCUT2D eigenvalue weighted by molar-refractivity contribution is -0.170. The third kappa shape index (κ3) is 2.28. The summed E-state index contributed by atoms with van der Waals surface area (Å²) in [6.45, 7) is 1.49. The summed E-state index contributed by atoms with van der Waals surface area (Å²) >= 11 is 0. The fraction of sp³-hybridized carbons (Fsp3) is 0.200. The molecule has 27 heavy (non-hydrogen) atoms. The van der Waals surface area contributed by atoms with Gasteiger partial charge in [-0.15, -0.1) is 0 Å². The SMILES string of the molecule is CC(=O)OC1C(=O)OCc2c1cc1n(c2=O)Cc2cc3ccccc3nc2-1. The van der Waals surface area contributed by atoms with Gasteiger partial charge in [-0.25, -0.2) is 9.78 Å². The Morgan fingerprint density at radius 1 is 1.26 bits per heavy atom. The Hall–Kier alpha value is -3.48. The quantitative estimate of drug-likeness (QED) is 0.482. The van der Waals surface area contributed by atoms with Crippen molar-refractivity contribution in [3.63, 3.8) is 0 Å². The summed E-state index contributed by atoms with van der Waals surface area (Å²) in [5.74, 6) is -1.29. The molecule has 0 N–H and O–H groups in total. The maximum absolute atomic E-state index is 13.0. The number of benzene rings is 1. The summed E-state index contributed by atoms with van der Waals surface area (Å²) < 4.78 is 11.8. The number of cyclic esters (lactones) is 1. The highest BCUT2D eigenvalue weighted by atomic mass is 16.6. The Labute approximate surface area is 153 Å². The molecule has 7 heteroatoms. The van der Waals surface area contributed by atoms with E-state index < -0.39 is 18.0 Å². The maximum atomic E-state index is 13.0. The van der Waals surface area contributed by atoms with Crippen LogP contribution in [-0.4, -0.2) is 21.5 Å². The average molecular weight is 362 g/mol. The molecular weight excluding hydrogens is 348 g/mol. The third-order valence-electron chi connectivity index (χ3n) is 4.95. The fourth-order valence-electron chi connectivity index (χ4n) is 3.74. The predicted octanol–water partition coefficient (Wildman–Crippen LogP) is 2.09. The van der Waals surface area contributed by atoms with Gasteiger partial charge in [-0.1, -0.05) is 18.2 Å². The van der Waals surface area contributed by atoms with Crippen LogP contribution in [0.4, 0.5) is 0 Å². The van der Waals surface area contributed by atoms with E-state index in [1.165, 1.54) is 6.92 Å². The lowest BCUT2D eigenvalue weighted by Gasteiger charge is -2.24. The van der Waals surface area contributed by atoms with E-state index in [0.29, 0.717) is 29.1 Å². The molecule has 2 aromatic heterocycles. The summed E-state index contributed by atoms with van der Waals surface area (Å²) in [7, 11) is 0. The lowest BCUT2D eigenvalue weighted by Crippen LogP contribution is -2.34. The summed E-state index contributed by atoms with van der Waals surface area (Å²) in [6.07, 6.45) is -1.23. The monoisotopic (exact) mass is 362 g/mol. The van der Waals surface area contributed by atoms with Crippen molar-refractivity contribution in [2.45, 2.75) is 26.2 Å². The van der Waals surface area contributed by atoms with Gasteiger partial charge in [-0.2, -0.15) is 0 Å². The van der Waals surface area contributed by atoms with Gasteiger partial charge in [-0.05, 0) is 18.2 Å². The number of ether oxygens (including phenoxy) is 2. The first-order valence-corrected chi connectivity index (χ1v) is 8.52. The normalized spacial score (nSPS) is 17.1. The minimum Gasteiger partial charge on any atom is -0.458 e. The fourth-order valence-corrected chi connectivity index (χ4v) is 3.74. The first-order chi connectivity index (χ1) is 13.0. The maximum Gasteiger partial charge on any atom is 0.352 e. The molecule has 0 fully saturated rings. The van der Waals surface area contributed by atoms with Crippen LogP contribution >= 0.6 is 0 Å². The molecular formula is C20H14N2O5. The number of aromatic nitrogens is 2. The van der Waals surface area contributed by atoms with Gasteiger partial charge in [0, 0.05) is 23.4 Å². The summed E-state index contributed by atoms with van der Waals surface area (Å²) in [4.78, 5) is 41.2. The van der Waals surface area contributed by atoms with Crippen LogP contribution in [0.25, 0.3) is 22.3 Å². The Balaban J connectivity index is 1.74. The number of nitrogens with zero attached hydrogens (tertiary/aromatic N) is 2. The van der Waals surface area contributed by atoms with Gasteiger partial charge < -0.3 is 14.0 Å². The number of hydrogen-bond acceptors (Lipinski definition) is 6. The van der Waals surface area contributed by atoms with Crippen molar-refractivity contribution in [2.24, 2.45) is 0 Å². The summed E-state index contributed by atoms with van der Waals surface area (Å²) in [6, 6.07) is 11.5. The number of hydrogen-bond donors (Lipinski definition) is 0.